The Kier molecular flexibility index (Phi) is 5.06. The molecule has 2 rings (SSSR count). The molecular weight excluding hydrogens is 250 g/mol. The maximum Gasteiger partial charge on any atom is 0.0386 e. The first kappa shape index (κ1) is 14.2. The molecule has 2 aromatic rings. The summed E-state index contributed by atoms with van der Waals surface area (Å²) in [6.45, 7) is 4.30. The van der Waals surface area contributed by atoms with Crippen molar-refractivity contribution in [3.05, 3.63) is 70.8 Å². The molecule has 0 radical (unpaired) electrons. The van der Waals surface area contributed by atoms with Crippen LogP contribution in [0.2, 0.25) is 0 Å². The first-order valence-corrected chi connectivity index (χ1v) is 7.76. The van der Waals surface area contributed by atoms with Crippen molar-refractivity contribution >= 4 is 11.8 Å². The Morgan fingerprint density at radius 1 is 1.00 bits per heavy atom. The van der Waals surface area contributed by atoms with Crippen molar-refractivity contribution in [2.45, 2.75) is 25.6 Å². The van der Waals surface area contributed by atoms with E-state index in [0.717, 1.165) is 11.5 Å². The van der Waals surface area contributed by atoms with Crippen LogP contribution in [0.4, 0.5) is 0 Å². The van der Waals surface area contributed by atoms with Crippen LogP contribution >= 0.6 is 11.8 Å². The summed E-state index contributed by atoms with van der Waals surface area (Å²) in [6, 6.07) is 17.2. The molecule has 1 nitrogen and oxygen atoms in total. The van der Waals surface area contributed by atoms with Crippen molar-refractivity contribution in [3.8, 4) is 0 Å². The van der Waals surface area contributed by atoms with Gasteiger partial charge in [0, 0.05) is 17.5 Å². The van der Waals surface area contributed by atoms with Crippen LogP contribution < -0.4 is 5.73 Å². The van der Waals surface area contributed by atoms with Crippen LogP contribution in [0, 0.1) is 13.8 Å². The number of hydrogen-bond donors (Lipinski definition) is 1. The second-order valence-electron chi connectivity index (χ2n) is 5.03. The lowest BCUT2D eigenvalue weighted by atomic mass is 10.1. The standard InChI is InChI=1S/C17H21NS/c1-13-8-14(2)10-15(9-13)11-19-12-17(18)16-6-4-3-5-7-16/h3-10,17H,11-12,18H2,1-2H3. The van der Waals surface area contributed by atoms with Gasteiger partial charge in [-0.05, 0) is 25.0 Å². The molecule has 2 N–H and O–H groups in total. The zero-order chi connectivity index (χ0) is 13.7. The van der Waals surface area contributed by atoms with Gasteiger partial charge in [0.1, 0.15) is 0 Å². The molecule has 0 aromatic heterocycles. The second kappa shape index (κ2) is 6.78. The zero-order valence-corrected chi connectivity index (χ0v) is 12.4. The van der Waals surface area contributed by atoms with Gasteiger partial charge in [-0.3, -0.25) is 0 Å². The fourth-order valence-corrected chi connectivity index (χ4v) is 3.22. The summed E-state index contributed by atoms with van der Waals surface area (Å²) in [5.41, 5.74) is 11.5. The third kappa shape index (κ3) is 4.41. The molecule has 100 valence electrons. The monoisotopic (exact) mass is 271 g/mol. The SMILES string of the molecule is Cc1cc(C)cc(CSCC(N)c2ccccc2)c1. The second-order valence-corrected chi connectivity index (χ2v) is 6.06. The Morgan fingerprint density at radius 3 is 2.26 bits per heavy atom. The summed E-state index contributed by atoms with van der Waals surface area (Å²) in [6.07, 6.45) is 0. The molecule has 0 heterocycles. The summed E-state index contributed by atoms with van der Waals surface area (Å²) in [7, 11) is 0. The van der Waals surface area contributed by atoms with Crippen LogP contribution in [0.15, 0.2) is 48.5 Å². The molecular formula is C17H21NS. The molecule has 2 heteroatoms. The quantitative estimate of drug-likeness (QED) is 0.880. The minimum absolute atomic E-state index is 0.122. The highest BCUT2D eigenvalue weighted by Gasteiger charge is 2.05. The van der Waals surface area contributed by atoms with E-state index in [1.807, 2.05) is 30.0 Å². The first-order valence-electron chi connectivity index (χ1n) is 6.60. The van der Waals surface area contributed by atoms with Crippen LogP contribution in [-0.4, -0.2) is 5.75 Å². The van der Waals surface area contributed by atoms with E-state index in [0.29, 0.717) is 0 Å². The molecule has 0 aliphatic rings. The smallest absolute Gasteiger partial charge is 0.0386 e. The lowest BCUT2D eigenvalue weighted by molar-refractivity contribution is 0.831. The molecule has 0 fully saturated rings. The third-order valence-corrected chi connectivity index (χ3v) is 4.21. The van der Waals surface area contributed by atoms with Crippen molar-refractivity contribution in [1.29, 1.82) is 0 Å². The van der Waals surface area contributed by atoms with Crippen LogP contribution in [0.1, 0.15) is 28.3 Å². The number of thioether (sulfide) groups is 1. The lowest BCUT2D eigenvalue weighted by Gasteiger charge is -2.12. The average Bonchev–Trinajstić information content (AvgIpc) is 2.38. The highest BCUT2D eigenvalue weighted by molar-refractivity contribution is 7.98. The third-order valence-electron chi connectivity index (χ3n) is 3.08. The summed E-state index contributed by atoms with van der Waals surface area (Å²) >= 11 is 1.90. The fourth-order valence-electron chi connectivity index (χ4n) is 2.25. The fraction of sp³-hybridized carbons (Fsp3) is 0.294. The van der Waals surface area contributed by atoms with Crippen molar-refractivity contribution in [2.75, 3.05) is 5.75 Å². The molecule has 1 unspecified atom stereocenters. The molecule has 19 heavy (non-hydrogen) atoms. The Bertz CT molecular complexity index is 502. The average molecular weight is 271 g/mol. The van der Waals surface area contributed by atoms with Gasteiger partial charge < -0.3 is 5.73 Å². The number of aryl methyl sites for hydroxylation is 2. The molecule has 0 spiro atoms. The van der Waals surface area contributed by atoms with Crippen LogP contribution in [0.3, 0.4) is 0 Å². The van der Waals surface area contributed by atoms with Crippen molar-refractivity contribution in [1.82, 2.24) is 0 Å². The largest absolute Gasteiger partial charge is 0.323 e. The molecule has 0 saturated carbocycles. The number of rotatable bonds is 5. The highest BCUT2D eigenvalue weighted by atomic mass is 32.2. The Hall–Kier alpha value is -1.25. The Morgan fingerprint density at radius 2 is 1.63 bits per heavy atom. The van der Waals surface area contributed by atoms with Gasteiger partial charge in [0.2, 0.25) is 0 Å². The molecule has 2 aromatic carbocycles. The summed E-state index contributed by atoms with van der Waals surface area (Å²) in [5, 5.41) is 0. The maximum absolute atomic E-state index is 6.20. The topological polar surface area (TPSA) is 26.0 Å². The summed E-state index contributed by atoms with van der Waals surface area (Å²) in [4.78, 5) is 0. The number of hydrogen-bond acceptors (Lipinski definition) is 2. The van der Waals surface area contributed by atoms with Crippen molar-refractivity contribution in [3.63, 3.8) is 0 Å². The van der Waals surface area contributed by atoms with E-state index in [-0.39, 0.29) is 6.04 Å². The Labute approximate surface area is 120 Å². The van der Waals surface area contributed by atoms with E-state index in [1.54, 1.807) is 0 Å². The van der Waals surface area contributed by atoms with E-state index in [2.05, 4.69) is 44.2 Å². The molecule has 0 amide bonds. The molecule has 1 atom stereocenters. The highest BCUT2D eigenvalue weighted by Crippen LogP contribution is 2.20. The van der Waals surface area contributed by atoms with E-state index < -0.39 is 0 Å². The van der Waals surface area contributed by atoms with Gasteiger partial charge in [0.25, 0.3) is 0 Å². The van der Waals surface area contributed by atoms with Crippen LogP contribution in [0.5, 0.6) is 0 Å². The number of nitrogens with two attached hydrogens (primary N) is 1. The summed E-state index contributed by atoms with van der Waals surface area (Å²) in [5.74, 6) is 1.99. The van der Waals surface area contributed by atoms with Gasteiger partial charge in [-0.2, -0.15) is 11.8 Å². The first-order chi connectivity index (χ1) is 9.15. The van der Waals surface area contributed by atoms with Gasteiger partial charge in [0.05, 0.1) is 0 Å². The minimum atomic E-state index is 0.122. The van der Waals surface area contributed by atoms with E-state index >= 15 is 0 Å². The van der Waals surface area contributed by atoms with Gasteiger partial charge in [-0.1, -0.05) is 59.7 Å². The normalized spacial score (nSPS) is 12.4. The zero-order valence-electron chi connectivity index (χ0n) is 11.6. The lowest BCUT2D eigenvalue weighted by Crippen LogP contribution is -2.12. The molecule has 0 bridgehead atoms. The molecule has 0 aliphatic carbocycles. The Balaban J connectivity index is 1.86. The molecule has 0 aliphatic heterocycles. The van der Waals surface area contributed by atoms with E-state index in [4.69, 9.17) is 5.73 Å². The van der Waals surface area contributed by atoms with E-state index in [1.165, 1.54) is 22.3 Å². The van der Waals surface area contributed by atoms with E-state index in [9.17, 15) is 0 Å². The van der Waals surface area contributed by atoms with Crippen molar-refractivity contribution < 1.29 is 0 Å². The van der Waals surface area contributed by atoms with Gasteiger partial charge in [-0.25, -0.2) is 0 Å². The van der Waals surface area contributed by atoms with Gasteiger partial charge in [-0.15, -0.1) is 0 Å². The van der Waals surface area contributed by atoms with Gasteiger partial charge >= 0.3 is 0 Å². The van der Waals surface area contributed by atoms with Crippen LogP contribution in [0.25, 0.3) is 0 Å². The number of benzene rings is 2. The van der Waals surface area contributed by atoms with Crippen LogP contribution in [-0.2, 0) is 5.75 Å². The minimum Gasteiger partial charge on any atom is -0.323 e. The predicted molar refractivity (Wildman–Crippen MR) is 85.4 cm³/mol. The van der Waals surface area contributed by atoms with Crippen molar-refractivity contribution in [2.24, 2.45) is 5.73 Å². The summed E-state index contributed by atoms with van der Waals surface area (Å²) < 4.78 is 0. The predicted octanol–water partition coefficient (Wildman–Crippen LogP) is 4.24. The molecule has 0 saturated heterocycles. The maximum atomic E-state index is 6.20. The van der Waals surface area contributed by atoms with Gasteiger partial charge in [0.15, 0.2) is 0 Å².